The Morgan fingerprint density at radius 3 is 2.91 bits per heavy atom. The molecule has 0 aromatic heterocycles. The highest BCUT2D eigenvalue weighted by Crippen LogP contribution is 2.34. The van der Waals surface area contributed by atoms with Crippen molar-refractivity contribution in [3.05, 3.63) is 29.3 Å². The van der Waals surface area contributed by atoms with E-state index < -0.39 is 0 Å². The van der Waals surface area contributed by atoms with E-state index in [2.05, 4.69) is 17.3 Å². The lowest BCUT2D eigenvalue weighted by Crippen LogP contribution is -2.33. The van der Waals surface area contributed by atoms with Crippen molar-refractivity contribution >= 4 is 6.09 Å². The fourth-order valence-electron chi connectivity index (χ4n) is 2.92. The van der Waals surface area contributed by atoms with Gasteiger partial charge in [0.15, 0.2) is 0 Å². The average molecular weight is 300 g/mol. The molecule has 0 saturated carbocycles. The van der Waals surface area contributed by atoms with E-state index in [4.69, 9.17) is 11.2 Å². The molecule has 1 aliphatic carbocycles. The SMILES string of the molecule is C#CCNCC1CCc2cc(OC(=O)N(CC)CC)ccc21. The van der Waals surface area contributed by atoms with Gasteiger partial charge in [0, 0.05) is 19.6 Å². The summed E-state index contributed by atoms with van der Waals surface area (Å²) in [6.45, 7) is 6.70. The zero-order chi connectivity index (χ0) is 15.9. The van der Waals surface area contributed by atoms with Crippen LogP contribution in [0, 0.1) is 12.3 Å². The fraction of sp³-hybridized carbons (Fsp3) is 0.500. The highest BCUT2D eigenvalue weighted by atomic mass is 16.6. The molecule has 1 atom stereocenters. The van der Waals surface area contributed by atoms with Gasteiger partial charge in [0.2, 0.25) is 0 Å². The zero-order valence-electron chi connectivity index (χ0n) is 13.4. The molecule has 1 aromatic carbocycles. The lowest BCUT2D eigenvalue weighted by Gasteiger charge is -2.18. The van der Waals surface area contributed by atoms with Gasteiger partial charge in [0.1, 0.15) is 5.75 Å². The standard InChI is InChI=1S/C18H24N2O2/c1-4-11-19-13-15-8-7-14-12-16(9-10-17(14)15)22-18(21)20(5-2)6-3/h1,9-10,12,15,19H,5-8,11,13H2,2-3H3. The summed E-state index contributed by atoms with van der Waals surface area (Å²) in [4.78, 5) is 13.7. The van der Waals surface area contributed by atoms with Crippen molar-refractivity contribution in [2.24, 2.45) is 0 Å². The number of nitrogens with zero attached hydrogens (tertiary/aromatic N) is 1. The molecule has 4 heteroatoms. The van der Waals surface area contributed by atoms with Gasteiger partial charge in [-0.1, -0.05) is 12.0 Å². The second kappa shape index (κ2) is 7.86. The van der Waals surface area contributed by atoms with Gasteiger partial charge in [0.05, 0.1) is 6.54 Å². The van der Waals surface area contributed by atoms with Crippen molar-refractivity contribution in [2.45, 2.75) is 32.6 Å². The Hall–Kier alpha value is -1.99. The van der Waals surface area contributed by atoms with E-state index in [-0.39, 0.29) is 6.09 Å². The number of hydrogen-bond acceptors (Lipinski definition) is 3. The molecule has 1 aliphatic rings. The number of carbonyl (C=O) groups excluding carboxylic acids is 1. The fourth-order valence-corrected chi connectivity index (χ4v) is 2.92. The predicted octanol–water partition coefficient (Wildman–Crippen LogP) is 2.78. The van der Waals surface area contributed by atoms with E-state index in [9.17, 15) is 4.79 Å². The first-order valence-electron chi connectivity index (χ1n) is 7.93. The minimum atomic E-state index is -0.282. The predicted molar refractivity (Wildman–Crippen MR) is 88.2 cm³/mol. The summed E-state index contributed by atoms with van der Waals surface area (Å²) in [5.41, 5.74) is 2.62. The number of terminal acetylenes is 1. The van der Waals surface area contributed by atoms with Gasteiger partial charge in [-0.3, -0.25) is 0 Å². The van der Waals surface area contributed by atoms with Crippen molar-refractivity contribution in [1.82, 2.24) is 10.2 Å². The maximum atomic E-state index is 12.0. The minimum Gasteiger partial charge on any atom is -0.410 e. The molecule has 0 fully saturated rings. The maximum Gasteiger partial charge on any atom is 0.415 e. The third kappa shape index (κ3) is 3.80. The summed E-state index contributed by atoms with van der Waals surface area (Å²) in [5.74, 6) is 3.72. The Bertz CT molecular complexity index is 559. The molecule has 0 saturated heterocycles. The van der Waals surface area contributed by atoms with Gasteiger partial charge in [-0.25, -0.2) is 4.79 Å². The molecular weight excluding hydrogens is 276 g/mol. The largest absolute Gasteiger partial charge is 0.415 e. The number of ether oxygens (including phenoxy) is 1. The summed E-state index contributed by atoms with van der Waals surface area (Å²) in [6.07, 6.45) is 7.11. The van der Waals surface area contributed by atoms with Crippen LogP contribution in [0.2, 0.25) is 0 Å². The minimum absolute atomic E-state index is 0.282. The van der Waals surface area contributed by atoms with Crippen LogP contribution in [0.5, 0.6) is 5.75 Å². The van der Waals surface area contributed by atoms with Crippen molar-refractivity contribution in [1.29, 1.82) is 0 Å². The van der Waals surface area contributed by atoms with Crippen LogP contribution < -0.4 is 10.1 Å². The van der Waals surface area contributed by atoms with E-state index in [1.165, 1.54) is 11.1 Å². The van der Waals surface area contributed by atoms with Gasteiger partial charge in [-0.2, -0.15) is 0 Å². The van der Waals surface area contributed by atoms with Gasteiger partial charge in [-0.05, 0) is 55.9 Å². The maximum absolute atomic E-state index is 12.0. The van der Waals surface area contributed by atoms with Crippen molar-refractivity contribution in [2.75, 3.05) is 26.2 Å². The van der Waals surface area contributed by atoms with Crippen molar-refractivity contribution in [3.63, 3.8) is 0 Å². The molecule has 0 spiro atoms. The molecule has 1 amide bonds. The topological polar surface area (TPSA) is 41.6 Å². The lowest BCUT2D eigenvalue weighted by molar-refractivity contribution is 0.157. The number of aryl methyl sites for hydroxylation is 1. The summed E-state index contributed by atoms with van der Waals surface area (Å²) >= 11 is 0. The first kappa shape index (κ1) is 16.4. The summed E-state index contributed by atoms with van der Waals surface area (Å²) in [7, 11) is 0. The molecule has 4 nitrogen and oxygen atoms in total. The van der Waals surface area contributed by atoms with Crippen LogP contribution in [0.15, 0.2) is 18.2 Å². The third-order valence-electron chi connectivity index (χ3n) is 4.16. The molecule has 0 heterocycles. The molecule has 0 aliphatic heterocycles. The van der Waals surface area contributed by atoms with E-state index >= 15 is 0 Å². The smallest absolute Gasteiger partial charge is 0.410 e. The Kier molecular flexibility index (Phi) is 5.85. The van der Waals surface area contributed by atoms with Crippen LogP contribution >= 0.6 is 0 Å². The van der Waals surface area contributed by atoms with Crippen LogP contribution in [-0.2, 0) is 6.42 Å². The van der Waals surface area contributed by atoms with Gasteiger partial charge < -0.3 is 15.0 Å². The number of hydrogen-bond donors (Lipinski definition) is 1. The normalized spacial score (nSPS) is 16.0. The zero-order valence-corrected chi connectivity index (χ0v) is 13.4. The van der Waals surface area contributed by atoms with Crippen molar-refractivity contribution < 1.29 is 9.53 Å². The summed E-state index contributed by atoms with van der Waals surface area (Å²) in [5, 5.41) is 3.27. The second-order valence-electron chi connectivity index (χ2n) is 5.47. The lowest BCUT2D eigenvalue weighted by atomic mass is 10.0. The number of fused-ring (bicyclic) bond motifs is 1. The van der Waals surface area contributed by atoms with Gasteiger partial charge in [0.25, 0.3) is 0 Å². The van der Waals surface area contributed by atoms with E-state index in [1.807, 2.05) is 26.0 Å². The first-order valence-corrected chi connectivity index (χ1v) is 7.93. The molecule has 0 radical (unpaired) electrons. The molecule has 1 aromatic rings. The van der Waals surface area contributed by atoms with Crippen LogP contribution in [0.1, 0.15) is 37.3 Å². The molecule has 118 valence electrons. The van der Waals surface area contributed by atoms with Crippen molar-refractivity contribution in [3.8, 4) is 18.1 Å². The van der Waals surface area contributed by atoms with Crippen LogP contribution in [0.3, 0.4) is 0 Å². The first-order chi connectivity index (χ1) is 10.7. The van der Waals surface area contributed by atoms with E-state index in [0.717, 1.165) is 19.4 Å². The van der Waals surface area contributed by atoms with E-state index in [0.29, 0.717) is 31.3 Å². The molecule has 0 bridgehead atoms. The molecule has 2 rings (SSSR count). The van der Waals surface area contributed by atoms with Crippen LogP contribution in [0.25, 0.3) is 0 Å². The number of rotatable bonds is 6. The Morgan fingerprint density at radius 1 is 1.45 bits per heavy atom. The summed E-state index contributed by atoms with van der Waals surface area (Å²) < 4.78 is 5.46. The van der Waals surface area contributed by atoms with E-state index in [1.54, 1.807) is 4.90 Å². The Morgan fingerprint density at radius 2 is 2.23 bits per heavy atom. The Balaban J connectivity index is 2.01. The molecule has 22 heavy (non-hydrogen) atoms. The highest BCUT2D eigenvalue weighted by Gasteiger charge is 2.23. The second-order valence-corrected chi connectivity index (χ2v) is 5.47. The number of amides is 1. The van der Waals surface area contributed by atoms with Crippen LogP contribution in [0.4, 0.5) is 4.79 Å². The van der Waals surface area contributed by atoms with Gasteiger partial charge in [-0.15, -0.1) is 6.42 Å². The molecule has 1 N–H and O–H groups in total. The number of benzene rings is 1. The van der Waals surface area contributed by atoms with Crippen LogP contribution in [-0.4, -0.2) is 37.2 Å². The summed E-state index contributed by atoms with van der Waals surface area (Å²) in [6, 6.07) is 5.97. The number of carbonyl (C=O) groups is 1. The average Bonchev–Trinajstić information content (AvgIpc) is 2.91. The third-order valence-corrected chi connectivity index (χ3v) is 4.16. The molecule has 1 unspecified atom stereocenters. The quantitative estimate of drug-likeness (QED) is 0.649. The highest BCUT2D eigenvalue weighted by molar-refractivity contribution is 5.70. The molecular formula is C18H24N2O2. The number of nitrogens with one attached hydrogen (secondary N) is 1. The monoisotopic (exact) mass is 300 g/mol. The van der Waals surface area contributed by atoms with Gasteiger partial charge >= 0.3 is 6.09 Å². The Labute approximate surface area is 132 Å².